The monoisotopic (exact) mass is 246 g/mol. The highest BCUT2D eigenvalue weighted by molar-refractivity contribution is 5.72. The number of urea groups is 1. The summed E-state index contributed by atoms with van der Waals surface area (Å²) >= 11 is 0. The molecule has 18 heavy (non-hydrogen) atoms. The number of carbonyl (C=O) groups is 1. The van der Waals surface area contributed by atoms with Gasteiger partial charge in [0.25, 0.3) is 0 Å². The fourth-order valence-corrected chi connectivity index (χ4v) is 2.76. The standard InChI is InChI=1S/C15H22N2O/c16-15(18)17(14-9-5-2-6-10-14)12-11-13-7-3-1-4-8-13/h1,3-4,7-8,14H,2,5-6,9-12H2,(H2,16,18). The van der Waals surface area contributed by atoms with Crippen LogP contribution >= 0.6 is 0 Å². The molecule has 1 aromatic carbocycles. The van der Waals surface area contributed by atoms with Crippen LogP contribution in [0.25, 0.3) is 0 Å². The number of rotatable bonds is 4. The van der Waals surface area contributed by atoms with Crippen LogP contribution in [0.4, 0.5) is 4.79 Å². The van der Waals surface area contributed by atoms with E-state index in [2.05, 4.69) is 12.1 Å². The molecule has 1 aliphatic rings. The second-order valence-corrected chi connectivity index (χ2v) is 5.06. The lowest BCUT2D eigenvalue weighted by atomic mass is 9.94. The van der Waals surface area contributed by atoms with Gasteiger partial charge in [-0.15, -0.1) is 0 Å². The van der Waals surface area contributed by atoms with E-state index < -0.39 is 0 Å². The lowest BCUT2D eigenvalue weighted by molar-refractivity contribution is 0.164. The molecule has 0 radical (unpaired) electrons. The molecule has 0 heterocycles. The average molecular weight is 246 g/mol. The first-order valence-corrected chi connectivity index (χ1v) is 6.87. The summed E-state index contributed by atoms with van der Waals surface area (Å²) < 4.78 is 0. The van der Waals surface area contributed by atoms with Crippen LogP contribution < -0.4 is 5.73 Å². The van der Waals surface area contributed by atoms with Gasteiger partial charge in [-0.2, -0.15) is 0 Å². The smallest absolute Gasteiger partial charge is 0.315 e. The number of hydrogen-bond donors (Lipinski definition) is 1. The third-order valence-corrected chi connectivity index (χ3v) is 3.78. The predicted octanol–water partition coefficient (Wildman–Crippen LogP) is 2.94. The van der Waals surface area contributed by atoms with Gasteiger partial charge in [-0.05, 0) is 24.8 Å². The topological polar surface area (TPSA) is 46.3 Å². The summed E-state index contributed by atoms with van der Waals surface area (Å²) in [5.41, 5.74) is 6.78. The second kappa shape index (κ2) is 6.43. The third-order valence-electron chi connectivity index (χ3n) is 3.78. The van der Waals surface area contributed by atoms with Crippen molar-refractivity contribution in [3.8, 4) is 0 Å². The van der Waals surface area contributed by atoms with Crippen molar-refractivity contribution in [1.29, 1.82) is 0 Å². The number of nitrogens with zero attached hydrogens (tertiary/aromatic N) is 1. The molecule has 0 bridgehead atoms. The molecular weight excluding hydrogens is 224 g/mol. The summed E-state index contributed by atoms with van der Waals surface area (Å²) in [5, 5.41) is 0. The lowest BCUT2D eigenvalue weighted by Gasteiger charge is -2.33. The molecule has 1 aliphatic carbocycles. The van der Waals surface area contributed by atoms with Crippen molar-refractivity contribution in [3.05, 3.63) is 35.9 Å². The van der Waals surface area contributed by atoms with Crippen LogP contribution in [-0.2, 0) is 6.42 Å². The van der Waals surface area contributed by atoms with Crippen molar-refractivity contribution >= 4 is 6.03 Å². The van der Waals surface area contributed by atoms with Crippen LogP contribution in [0.5, 0.6) is 0 Å². The number of amides is 2. The minimum Gasteiger partial charge on any atom is -0.351 e. The number of benzene rings is 1. The Morgan fingerprint density at radius 3 is 2.44 bits per heavy atom. The zero-order valence-electron chi connectivity index (χ0n) is 10.8. The number of primary amides is 1. The molecule has 1 saturated carbocycles. The number of hydrogen-bond acceptors (Lipinski definition) is 1. The average Bonchev–Trinajstić information content (AvgIpc) is 2.41. The quantitative estimate of drug-likeness (QED) is 0.872. The van der Waals surface area contributed by atoms with E-state index in [9.17, 15) is 4.79 Å². The molecule has 2 N–H and O–H groups in total. The van der Waals surface area contributed by atoms with E-state index in [0.717, 1.165) is 25.8 Å². The van der Waals surface area contributed by atoms with Gasteiger partial charge in [-0.25, -0.2) is 4.79 Å². The fourth-order valence-electron chi connectivity index (χ4n) is 2.76. The van der Waals surface area contributed by atoms with Crippen molar-refractivity contribution in [1.82, 2.24) is 4.90 Å². The van der Waals surface area contributed by atoms with E-state index in [0.29, 0.717) is 6.04 Å². The summed E-state index contributed by atoms with van der Waals surface area (Å²) in [7, 11) is 0. The highest BCUT2D eigenvalue weighted by Gasteiger charge is 2.23. The molecule has 0 saturated heterocycles. The Balaban J connectivity index is 1.92. The maximum Gasteiger partial charge on any atom is 0.315 e. The molecule has 0 atom stereocenters. The van der Waals surface area contributed by atoms with Crippen molar-refractivity contribution in [2.75, 3.05) is 6.54 Å². The highest BCUT2D eigenvalue weighted by Crippen LogP contribution is 2.22. The summed E-state index contributed by atoms with van der Waals surface area (Å²) in [6, 6.07) is 10.4. The summed E-state index contributed by atoms with van der Waals surface area (Å²) in [6.07, 6.45) is 6.84. The molecule has 1 aromatic rings. The predicted molar refractivity (Wildman–Crippen MR) is 73.3 cm³/mol. The van der Waals surface area contributed by atoms with Crippen LogP contribution in [0.2, 0.25) is 0 Å². The number of nitrogens with two attached hydrogens (primary N) is 1. The van der Waals surface area contributed by atoms with Crippen LogP contribution in [0.15, 0.2) is 30.3 Å². The van der Waals surface area contributed by atoms with Gasteiger partial charge in [-0.3, -0.25) is 0 Å². The Hall–Kier alpha value is -1.51. The normalized spacial score (nSPS) is 16.4. The van der Waals surface area contributed by atoms with E-state index in [4.69, 9.17) is 5.73 Å². The minimum atomic E-state index is -0.266. The third kappa shape index (κ3) is 3.49. The SMILES string of the molecule is NC(=O)N(CCc1ccccc1)C1CCCCC1. The molecule has 1 fully saturated rings. The Morgan fingerprint density at radius 2 is 1.83 bits per heavy atom. The Labute approximate surface area is 109 Å². The first kappa shape index (κ1) is 12.9. The molecule has 0 aromatic heterocycles. The molecule has 2 amide bonds. The van der Waals surface area contributed by atoms with Gasteiger partial charge in [0.2, 0.25) is 0 Å². The van der Waals surface area contributed by atoms with E-state index >= 15 is 0 Å². The van der Waals surface area contributed by atoms with Gasteiger partial charge in [0.1, 0.15) is 0 Å². The molecule has 2 rings (SSSR count). The van der Waals surface area contributed by atoms with Crippen LogP contribution in [-0.4, -0.2) is 23.5 Å². The molecule has 98 valence electrons. The van der Waals surface area contributed by atoms with E-state index in [1.54, 1.807) is 0 Å². The zero-order chi connectivity index (χ0) is 12.8. The molecule has 0 unspecified atom stereocenters. The van der Waals surface area contributed by atoms with Gasteiger partial charge in [0.05, 0.1) is 0 Å². The Kier molecular flexibility index (Phi) is 4.62. The van der Waals surface area contributed by atoms with Gasteiger partial charge in [0, 0.05) is 12.6 Å². The summed E-state index contributed by atoms with van der Waals surface area (Å²) in [6.45, 7) is 0.740. The van der Waals surface area contributed by atoms with Crippen molar-refractivity contribution in [3.63, 3.8) is 0 Å². The molecule has 0 aliphatic heterocycles. The van der Waals surface area contributed by atoms with Crippen molar-refractivity contribution in [2.45, 2.75) is 44.6 Å². The van der Waals surface area contributed by atoms with Gasteiger partial charge < -0.3 is 10.6 Å². The minimum absolute atomic E-state index is 0.266. The molecule has 3 nitrogen and oxygen atoms in total. The van der Waals surface area contributed by atoms with Gasteiger partial charge >= 0.3 is 6.03 Å². The molecular formula is C15H22N2O. The first-order chi connectivity index (χ1) is 8.77. The largest absolute Gasteiger partial charge is 0.351 e. The number of carbonyl (C=O) groups excluding carboxylic acids is 1. The second-order valence-electron chi connectivity index (χ2n) is 5.06. The fraction of sp³-hybridized carbons (Fsp3) is 0.533. The van der Waals surface area contributed by atoms with E-state index in [1.165, 1.54) is 24.8 Å². The van der Waals surface area contributed by atoms with Gasteiger partial charge in [-0.1, -0.05) is 49.6 Å². The maximum absolute atomic E-state index is 11.6. The maximum atomic E-state index is 11.6. The van der Waals surface area contributed by atoms with Crippen LogP contribution in [0.1, 0.15) is 37.7 Å². The van der Waals surface area contributed by atoms with Crippen molar-refractivity contribution < 1.29 is 4.79 Å². The molecule has 3 heteroatoms. The Morgan fingerprint density at radius 1 is 1.17 bits per heavy atom. The lowest BCUT2D eigenvalue weighted by Crippen LogP contribution is -2.45. The van der Waals surface area contributed by atoms with E-state index in [-0.39, 0.29) is 6.03 Å². The van der Waals surface area contributed by atoms with Crippen LogP contribution in [0.3, 0.4) is 0 Å². The highest BCUT2D eigenvalue weighted by atomic mass is 16.2. The van der Waals surface area contributed by atoms with Crippen molar-refractivity contribution in [2.24, 2.45) is 5.73 Å². The first-order valence-electron chi connectivity index (χ1n) is 6.87. The summed E-state index contributed by atoms with van der Waals surface area (Å²) in [4.78, 5) is 13.4. The van der Waals surface area contributed by atoms with Crippen LogP contribution in [0, 0.1) is 0 Å². The van der Waals surface area contributed by atoms with E-state index in [1.807, 2.05) is 23.1 Å². The Bertz CT molecular complexity index is 371. The molecule has 0 spiro atoms. The zero-order valence-corrected chi connectivity index (χ0v) is 10.8. The van der Waals surface area contributed by atoms with Gasteiger partial charge in [0.15, 0.2) is 0 Å². The summed E-state index contributed by atoms with van der Waals surface area (Å²) in [5.74, 6) is 0.